The molecule has 2 heterocycles. The summed E-state index contributed by atoms with van der Waals surface area (Å²) in [5.74, 6) is 0.169. The number of H-pyrrole nitrogens is 1. The van der Waals surface area contributed by atoms with Crippen molar-refractivity contribution in [3.8, 4) is 5.75 Å². The van der Waals surface area contributed by atoms with Gasteiger partial charge in [-0.05, 0) is 55.2 Å². The molecule has 0 unspecified atom stereocenters. The van der Waals surface area contributed by atoms with Crippen LogP contribution in [0.25, 0.3) is 12.2 Å². The molecule has 7 heteroatoms. The normalized spacial score (nSPS) is 16.8. The Labute approximate surface area is 236 Å². The molecule has 40 heavy (non-hydrogen) atoms. The molecule has 1 aliphatic heterocycles. The lowest BCUT2D eigenvalue weighted by Crippen LogP contribution is -2.39. The summed E-state index contributed by atoms with van der Waals surface area (Å²) in [5.41, 5.74) is 6.19. The molecule has 1 aromatic heterocycles. The summed E-state index contributed by atoms with van der Waals surface area (Å²) >= 11 is 0. The molecule has 3 N–H and O–H groups in total. The van der Waals surface area contributed by atoms with E-state index in [2.05, 4.69) is 54.4 Å². The van der Waals surface area contributed by atoms with Crippen molar-refractivity contribution in [2.45, 2.75) is 59.3 Å². The van der Waals surface area contributed by atoms with E-state index >= 15 is 0 Å². The number of benzene rings is 2. The lowest BCUT2D eigenvalue weighted by molar-refractivity contribution is -0.117. The van der Waals surface area contributed by atoms with Crippen molar-refractivity contribution < 1.29 is 14.3 Å². The van der Waals surface area contributed by atoms with E-state index in [0.717, 1.165) is 47.5 Å². The fourth-order valence-corrected chi connectivity index (χ4v) is 4.70. The Bertz CT molecular complexity index is 1500. The number of ketones is 1. The Kier molecular flexibility index (Phi) is 8.73. The number of nitrogens with one attached hydrogen (secondary N) is 3. The van der Waals surface area contributed by atoms with Gasteiger partial charge < -0.3 is 20.4 Å². The van der Waals surface area contributed by atoms with Crippen LogP contribution < -0.4 is 15.4 Å². The lowest BCUT2D eigenvalue weighted by atomic mass is 9.90. The van der Waals surface area contributed by atoms with Crippen molar-refractivity contribution >= 4 is 23.8 Å². The van der Waals surface area contributed by atoms with Gasteiger partial charge in [0.2, 0.25) is 0 Å². The number of hydrogen-bond donors (Lipinski definition) is 3. The predicted molar refractivity (Wildman–Crippen MR) is 160 cm³/mol. The highest BCUT2D eigenvalue weighted by atomic mass is 16.5. The van der Waals surface area contributed by atoms with Gasteiger partial charge in [0.25, 0.3) is 5.91 Å². The standard InChI is InChI=1S/C33H38N4O3/c1-7-8-9-16-25-26(19-27-31(33(3,4)5)35-20-34-27)37-32(39)28(36-25)18-22-13-11-14-23(17-22)29(38)24-15-10-12-21(2)30(24)40-6/h10-20,36H,7-9H2,1-6H3,(H,34,35)(H,37,39)/b25-16+,26-19-,28-18-. The molecule has 0 saturated carbocycles. The number of hydrogen-bond acceptors (Lipinski definition) is 5. The number of methoxy groups -OCH3 is 1. The first-order valence-electron chi connectivity index (χ1n) is 13.7. The molecule has 3 aromatic rings. The zero-order chi connectivity index (χ0) is 28.9. The van der Waals surface area contributed by atoms with Gasteiger partial charge in [0.05, 0.1) is 36.1 Å². The van der Waals surface area contributed by atoms with Crippen LogP contribution in [-0.4, -0.2) is 28.8 Å². The summed E-state index contributed by atoms with van der Waals surface area (Å²) in [5, 5.41) is 6.39. The van der Waals surface area contributed by atoms with Crippen molar-refractivity contribution in [2.75, 3.05) is 7.11 Å². The van der Waals surface area contributed by atoms with Crippen molar-refractivity contribution in [1.82, 2.24) is 20.6 Å². The van der Waals surface area contributed by atoms with Crippen LogP contribution in [0.2, 0.25) is 0 Å². The van der Waals surface area contributed by atoms with Gasteiger partial charge in [0, 0.05) is 16.7 Å². The van der Waals surface area contributed by atoms with E-state index in [4.69, 9.17) is 4.74 Å². The molecule has 0 atom stereocenters. The Balaban J connectivity index is 1.66. The monoisotopic (exact) mass is 538 g/mol. The molecule has 208 valence electrons. The first kappa shape index (κ1) is 28.6. The molecule has 0 radical (unpaired) electrons. The van der Waals surface area contributed by atoms with Gasteiger partial charge in [0.1, 0.15) is 11.4 Å². The molecular formula is C33H38N4O3. The van der Waals surface area contributed by atoms with E-state index < -0.39 is 0 Å². The summed E-state index contributed by atoms with van der Waals surface area (Å²) in [4.78, 5) is 34.3. The maximum absolute atomic E-state index is 13.4. The third-order valence-electron chi connectivity index (χ3n) is 6.78. The fourth-order valence-electron chi connectivity index (χ4n) is 4.70. The Morgan fingerprint density at radius 2 is 1.80 bits per heavy atom. The van der Waals surface area contributed by atoms with Crippen LogP contribution in [0.1, 0.15) is 85.4 Å². The zero-order valence-corrected chi connectivity index (χ0v) is 24.1. The number of rotatable bonds is 8. The van der Waals surface area contributed by atoms with E-state index in [1.165, 1.54) is 0 Å². The molecule has 1 aliphatic rings. The zero-order valence-electron chi connectivity index (χ0n) is 24.1. The molecule has 0 bridgehead atoms. The van der Waals surface area contributed by atoms with Gasteiger partial charge in [-0.2, -0.15) is 0 Å². The van der Waals surface area contributed by atoms with Gasteiger partial charge in [-0.15, -0.1) is 0 Å². The summed E-state index contributed by atoms with van der Waals surface area (Å²) in [6.07, 6.45) is 10.4. The number of aromatic amines is 1. The molecule has 7 nitrogen and oxygen atoms in total. The number of carbonyl (C=O) groups excluding carboxylic acids is 2. The highest BCUT2D eigenvalue weighted by molar-refractivity contribution is 6.11. The van der Waals surface area contributed by atoms with Crippen LogP contribution in [0.5, 0.6) is 5.75 Å². The van der Waals surface area contributed by atoms with E-state index in [9.17, 15) is 9.59 Å². The number of allylic oxidation sites excluding steroid dienone is 1. The second-order valence-electron chi connectivity index (χ2n) is 11.0. The number of nitrogens with zero attached hydrogens (tertiary/aromatic N) is 1. The number of piperazine rings is 1. The van der Waals surface area contributed by atoms with E-state index in [1.807, 2.05) is 37.3 Å². The Morgan fingerprint density at radius 3 is 2.52 bits per heavy atom. The molecule has 1 saturated heterocycles. The first-order valence-corrected chi connectivity index (χ1v) is 13.7. The third-order valence-corrected chi connectivity index (χ3v) is 6.78. The first-order chi connectivity index (χ1) is 19.1. The average Bonchev–Trinajstić information content (AvgIpc) is 3.40. The molecule has 1 fully saturated rings. The molecule has 1 amide bonds. The number of imidazole rings is 1. The number of para-hydroxylation sites is 1. The minimum Gasteiger partial charge on any atom is -0.496 e. The molecular weight excluding hydrogens is 500 g/mol. The van der Waals surface area contributed by atoms with E-state index in [0.29, 0.717) is 28.3 Å². The van der Waals surface area contributed by atoms with Gasteiger partial charge in [-0.3, -0.25) is 9.59 Å². The average molecular weight is 539 g/mol. The summed E-state index contributed by atoms with van der Waals surface area (Å²) in [6, 6.07) is 12.8. The van der Waals surface area contributed by atoms with Gasteiger partial charge >= 0.3 is 0 Å². The lowest BCUT2D eigenvalue weighted by Gasteiger charge is -2.24. The minimum absolute atomic E-state index is 0.128. The second kappa shape index (κ2) is 12.2. The SMILES string of the molecule is CCCC/C=C1/N/C(=C\c2cccc(C(=O)c3cccc(C)c3OC)c2)C(=O)N/C1=C\c1nc[nH]c1C(C)(C)C. The van der Waals surface area contributed by atoms with Crippen LogP contribution in [0.15, 0.2) is 72.0 Å². The summed E-state index contributed by atoms with van der Waals surface area (Å²) in [7, 11) is 1.57. The number of ether oxygens (including phenoxy) is 1. The van der Waals surface area contributed by atoms with Crippen molar-refractivity contribution in [1.29, 1.82) is 0 Å². The van der Waals surface area contributed by atoms with Gasteiger partial charge in [0.15, 0.2) is 5.78 Å². The van der Waals surface area contributed by atoms with Crippen molar-refractivity contribution in [3.05, 3.63) is 106 Å². The number of carbonyl (C=O) groups is 2. The number of unbranched alkanes of at least 4 members (excludes halogenated alkanes) is 2. The predicted octanol–water partition coefficient (Wildman–Crippen LogP) is 6.43. The van der Waals surface area contributed by atoms with Crippen LogP contribution in [0.3, 0.4) is 0 Å². The number of aryl methyl sites for hydroxylation is 1. The van der Waals surface area contributed by atoms with Crippen LogP contribution >= 0.6 is 0 Å². The van der Waals surface area contributed by atoms with Crippen LogP contribution in [0, 0.1) is 6.92 Å². The number of aromatic nitrogens is 2. The highest BCUT2D eigenvalue weighted by Gasteiger charge is 2.25. The summed E-state index contributed by atoms with van der Waals surface area (Å²) < 4.78 is 5.50. The minimum atomic E-state index is -0.260. The number of amides is 1. The van der Waals surface area contributed by atoms with Crippen molar-refractivity contribution in [3.63, 3.8) is 0 Å². The Morgan fingerprint density at radius 1 is 1.02 bits per heavy atom. The highest BCUT2D eigenvalue weighted by Crippen LogP contribution is 2.28. The Hall–Kier alpha value is -4.39. The van der Waals surface area contributed by atoms with Crippen LogP contribution in [-0.2, 0) is 10.2 Å². The molecule has 0 aliphatic carbocycles. The maximum Gasteiger partial charge on any atom is 0.272 e. The maximum atomic E-state index is 13.4. The summed E-state index contributed by atoms with van der Waals surface area (Å²) in [6.45, 7) is 10.4. The van der Waals surface area contributed by atoms with Crippen LogP contribution in [0.4, 0.5) is 0 Å². The molecule has 0 spiro atoms. The van der Waals surface area contributed by atoms with Gasteiger partial charge in [-0.25, -0.2) is 4.98 Å². The van der Waals surface area contributed by atoms with Gasteiger partial charge in [-0.1, -0.05) is 70.5 Å². The fraction of sp³-hybridized carbons (Fsp3) is 0.303. The van der Waals surface area contributed by atoms with E-state index in [-0.39, 0.29) is 17.1 Å². The smallest absolute Gasteiger partial charge is 0.272 e. The topological polar surface area (TPSA) is 96.1 Å². The van der Waals surface area contributed by atoms with E-state index in [1.54, 1.807) is 37.7 Å². The van der Waals surface area contributed by atoms with Crippen molar-refractivity contribution in [2.24, 2.45) is 0 Å². The molecule has 2 aromatic carbocycles. The third kappa shape index (κ3) is 6.42. The quantitative estimate of drug-likeness (QED) is 0.174. The largest absolute Gasteiger partial charge is 0.496 e. The second-order valence-corrected chi connectivity index (χ2v) is 11.0. The molecule has 4 rings (SSSR count).